The lowest BCUT2D eigenvalue weighted by Gasteiger charge is -2.17. The first-order chi connectivity index (χ1) is 19.2. The van der Waals surface area contributed by atoms with E-state index in [1.165, 1.54) is 6.07 Å². The second kappa shape index (κ2) is 11.2. The van der Waals surface area contributed by atoms with Crippen LogP contribution in [0.2, 0.25) is 0 Å². The van der Waals surface area contributed by atoms with Crippen LogP contribution in [0.1, 0.15) is 59.8 Å². The fourth-order valence-corrected chi connectivity index (χ4v) is 4.71. The van der Waals surface area contributed by atoms with Gasteiger partial charge in [-0.15, -0.1) is 0 Å². The topological polar surface area (TPSA) is 112 Å². The van der Waals surface area contributed by atoms with Crippen molar-refractivity contribution in [2.75, 3.05) is 6.61 Å². The molecule has 1 aliphatic heterocycles. The summed E-state index contributed by atoms with van der Waals surface area (Å²) in [5.74, 6) is 0.776. The molecule has 8 nitrogen and oxygen atoms in total. The molecule has 0 spiro atoms. The summed E-state index contributed by atoms with van der Waals surface area (Å²) in [6, 6.07) is 11.1. The fourth-order valence-electron chi connectivity index (χ4n) is 4.71. The van der Waals surface area contributed by atoms with E-state index in [9.17, 15) is 18.0 Å². The van der Waals surface area contributed by atoms with Gasteiger partial charge in [-0.3, -0.25) is 4.79 Å². The van der Waals surface area contributed by atoms with Crippen molar-refractivity contribution < 1.29 is 31.9 Å². The maximum atomic E-state index is 13.5. The van der Waals surface area contributed by atoms with Crippen LogP contribution in [0.25, 0.3) is 22.4 Å². The average molecular weight is 555 g/mol. The van der Waals surface area contributed by atoms with Gasteiger partial charge in [-0.1, -0.05) is 25.5 Å². The maximum Gasteiger partial charge on any atom is 0.433 e. The van der Waals surface area contributed by atoms with Crippen LogP contribution in [0.5, 0.6) is 11.5 Å². The van der Waals surface area contributed by atoms with E-state index in [0.717, 1.165) is 42.2 Å². The number of amides is 1. The third-order valence-corrected chi connectivity index (χ3v) is 6.67. The molecule has 1 unspecified atom stereocenters. The summed E-state index contributed by atoms with van der Waals surface area (Å²) in [6.07, 6.45) is -2.48. The Morgan fingerprint density at radius 1 is 1.18 bits per heavy atom. The number of aromatic nitrogens is 2. The molecule has 11 heteroatoms. The highest BCUT2D eigenvalue weighted by Crippen LogP contribution is 2.37. The minimum atomic E-state index is -4.64. The molecular formula is C29H29F3N4O4. The Morgan fingerprint density at radius 2 is 2.00 bits per heavy atom. The van der Waals surface area contributed by atoms with Crippen molar-refractivity contribution in [3.8, 4) is 23.0 Å². The Balaban J connectivity index is 1.47. The number of carbonyl (C=O) groups excluding carboxylic acids is 1. The van der Waals surface area contributed by atoms with Crippen LogP contribution >= 0.6 is 0 Å². The molecular weight excluding hydrogens is 525 g/mol. The summed E-state index contributed by atoms with van der Waals surface area (Å²) in [4.78, 5) is 21.3. The highest BCUT2D eigenvalue weighted by molar-refractivity contribution is 5.98. The van der Waals surface area contributed by atoms with E-state index >= 15 is 0 Å². The first-order valence-electron chi connectivity index (χ1n) is 13.1. The predicted molar refractivity (Wildman–Crippen MR) is 142 cm³/mol. The Hall–Kier alpha value is -4.12. The zero-order valence-corrected chi connectivity index (χ0v) is 22.1. The van der Waals surface area contributed by atoms with Gasteiger partial charge in [0.05, 0.1) is 19.3 Å². The van der Waals surface area contributed by atoms with Crippen LogP contribution in [0, 0.1) is 0 Å². The molecule has 2 aromatic heterocycles. The number of nitrogens with two attached hydrogens (primary N) is 1. The van der Waals surface area contributed by atoms with Crippen LogP contribution in [0.3, 0.4) is 0 Å². The molecule has 0 bridgehead atoms. The molecule has 40 heavy (non-hydrogen) atoms. The monoisotopic (exact) mass is 554 g/mol. The van der Waals surface area contributed by atoms with Crippen molar-refractivity contribution in [2.45, 2.75) is 58.5 Å². The zero-order chi connectivity index (χ0) is 28.4. The third kappa shape index (κ3) is 5.60. The summed E-state index contributed by atoms with van der Waals surface area (Å²) >= 11 is 0. The number of nitrogens with one attached hydrogen (secondary N) is 1. The van der Waals surface area contributed by atoms with Gasteiger partial charge in [-0.2, -0.15) is 13.2 Å². The number of hydrogen-bond donors (Lipinski definition) is 2. The quantitative estimate of drug-likeness (QED) is 0.269. The third-order valence-electron chi connectivity index (χ3n) is 6.67. The van der Waals surface area contributed by atoms with E-state index in [-0.39, 0.29) is 47.8 Å². The molecule has 5 rings (SSSR count). The van der Waals surface area contributed by atoms with Gasteiger partial charge >= 0.3 is 6.18 Å². The standard InChI is InChI=1S/C29H29F3N4O4/c1-3-4-16(2)39-22-9-6-20(19-7-10-24(29(30,31)32)35-25(19)22)28-36-26(23(14-33)40-28)27(37)34-15-17-5-8-21-18(13-17)11-12-38-21/h5-10,13,16H,3-4,11-12,14-15,33H2,1-2H3,(H,34,37). The number of hydrogen-bond acceptors (Lipinski definition) is 7. The minimum absolute atomic E-state index is 0.00640. The van der Waals surface area contributed by atoms with E-state index < -0.39 is 17.8 Å². The van der Waals surface area contributed by atoms with Crippen molar-refractivity contribution in [2.24, 2.45) is 5.73 Å². The first-order valence-corrected chi connectivity index (χ1v) is 13.1. The van der Waals surface area contributed by atoms with E-state index in [1.54, 1.807) is 12.1 Å². The summed E-state index contributed by atoms with van der Waals surface area (Å²) < 4.78 is 57.8. The Morgan fingerprint density at radius 3 is 2.75 bits per heavy atom. The number of nitrogens with zero attached hydrogens (tertiary/aromatic N) is 2. The van der Waals surface area contributed by atoms with Crippen molar-refractivity contribution >= 4 is 16.8 Å². The summed E-state index contributed by atoms with van der Waals surface area (Å²) in [5.41, 5.74) is 7.19. The lowest BCUT2D eigenvalue weighted by Crippen LogP contribution is -2.24. The number of alkyl halides is 3. The Kier molecular flexibility index (Phi) is 7.66. The molecule has 0 fully saturated rings. The molecule has 210 valence electrons. The number of oxazole rings is 1. The Labute approximate surface area is 228 Å². The van der Waals surface area contributed by atoms with Crippen molar-refractivity contribution in [3.05, 3.63) is 70.7 Å². The van der Waals surface area contributed by atoms with Crippen LogP contribution in [0.15, 0.2) is 46.9 Å². The number of carbonyl (C=O) groups is 1. The number of halogens is 3. The van der Waals surface area contributed by atoms with E-state index in [1.807, 2.05) is 32.0 Å². The molecule has 1 amide bonds. The second-order valence-corrected chi connectivity index (χ2v) is 9.64. The number of ether oxygens (including phenoxy) is 2. The minimum Gasteiger partial charge on any atom is -0.493 e. The largest absolute Gasteiger partial charge is 0.493 e. The molecule has 2 aromatic carbocycles. The first kappa shape index (κ1) is 27.4. The SMILES string of the molecule is CCCC(C)Oc1ccc(-c2nc(C(=O)NCc3ccc4c(c3)CCO4)c(CN)o2)c2ccc(C(F)(F)F)nc12. The van der Waals surface area contributed by atoms with E-state index in [0.29, 0.717) is 17.6 Å². The summed E-state index contributed by atoms with van der Waals surface area (Å²) in [7, 11) is 0. The van der Waals surface area contributed by atoms with Gasteiger partial charge in [-0.05, 0) is 54.8 Å². The van der Waals surface area contributed by atoms with Gasteiger partial charge in [0.1, 0.15) is 22.7 Å². The number of pyridine rings is 1. The van der Waals surface area contributed by atoms with Gasteiger partial charge in [0, 0.05) is 23.9 Å². The van der Waals surface area contributed by atoms with Gasteiger partial charge in [0.25, 0.3) is 5.91 Å². The normalized spacial score (nSPS) is 13.7. The van der Waals surface area contributed by atoms with E-state index in [2.05, 4.69) is 15.3 Å². The summed E-state index contributed by atoms with van der Waals surface area (Å²) in [6.45, 7) is 4.63. The molecule has 1 aliphatic rings. The van der Waals surface area contributed by atoms with Crippen molar-refractivity contribution in [1.82, 2.24) is 15.3 Å². The lowest BCUT2D eigenvalue weighted by atomic mass is 10.1. The Bertz CT molecular complexity index is 1550. The van der Waals surface area contributed by atoms with Crippen LogP contribution < -0.4 is 20.5 Å². The van der Waals surface area contributed by atoms with Crippen molar-refractivity contribution in [3.63, 3.8) is 0 Å². The number of fused-ring (bicyclic) bond motifs is 2. The highest BCUT2D eigenvalue weighted by Gasteiger charge is 2.33. The average Bonchev–Trinajstić information content (AvgIpc) is 3.58. The molecule has 0 saturated carbocycles. The van der Waals surface area contributed by atoms with Crippen LogP contribution in [0.4, 0.5) is 13.2 Å². The maximum absolute atomic E-state index is 13.5. The van der Waals surface area contributed by atoms with Gasteiger partial charge in [-0.25, -0.2) is 9.97 Å². The molecule has 1 atom stereocenters. The molecule has 0 radical (unpaired) electrons. The van der Waals surface area contributed by atoms with Gasteiger partial charge in [0.2, 0.25) is 5.89 Å². The van der Waals surface area contributed by atoms with Crippen LogP contribution in [-0.2, 0) is 25.7 Å². The van der Waals surface area contributed by atoms with Gasteiger partial charge in [0.15, 0.2) is 11.5 Å². The van der Waals surface area contributed by atoms with Crippen molar-refractivity contribution in [1.29, 1.82) is 0 Å². The molecule has 3 N–H and O–H groups in total. The van der Waals surface area contributed by atoms with Crippen LogP contribution in [-0.4, -0.2) is 28.6 Å². The fraction of sp³-hybridized carbons (Fsp3) is 0.345. The predicted octanol–water partition coefficient (Wildman–Crippen LogP) is 5.80. The summed E-state index contributed by atoms with van der Waals surface area (Å²) in [5, 5.41) is 3.17. The molecule has 4 aromatic rings. The molecule has 3 heterocycles. The number of rotatable bonds is 9. The molecule has 0 saturated heterocycles. The number of benzene rings is 2. The second-order valence-electron chi connectivity index (χ2n) is 9.64. The molecule has 0 aliphatic carbocycles. The van der Waals surface area contributed by atoms with Gasteiger partial charge < -0.3 is 24.9 Å². The smallest absolute Gasteiger partial charge is 0.433 e. The van der Waals surface area contributed by atoms with E-state index in [4.69, 9.17) is 19.6 Å². The highest BCUT2D eigenvalue weighted by atomic mass is 19.4. The lowest BCUT2D eigenvalue weighted by molar-refractivity contribution is -0.140. The zero-order valence-electron chi connectivity index (χ0n) is 22.1.